The predicted molar refractivity (Wildman–Crippen MR) is 112 cm³/mol. The van der Waals surface area contributed by atoms with Crippen LogP contribution in [0.5, 0.6) is 11.5 Å². The summed E-state index contributed by atoms with van der Waals surface area (Å²) in [6, 6.07) is 10.9. The molecule has 30 heavy (non-hydrogen) atoms. The van der Waals surface area contributed by atoms with Crippen molar-refractivity contribution in [2.75, 3.05) is 33.9 Å². The molecule has 1 saturated heterocycles. The van der Waals surface area contributed by atoms with Gasteiger partial charge in [0, 0.05) is 25.2 Å². The summed E-state index contributed by atoms with van der Waals surface area (Å²) in [6.07, 6.45) is 2.59. The number of methoxy groups -OCH3 is 2. The Kier molecular flexibility index (Phi) is 7.27. The van der Waals surface area contributed by atoms with Gasteiger partial charge in [-0.15, -0.1) is 0 Å². The molecular weight excluding hydrogens is 387 g/mol. The minimum atomic E-state index is -0.349. The molecule has 1 aliphatic heterocycles. The number of rotatable bonds is 7. The molecule has 0 aromatic heterocycles. The first-order valence-electron chi connectivity index (χ1n) is 10.1. The number of nitrogens with one attached hydrogen (secondary N) is 1. The first kappa shape index (κ1) is 21.6. The Balaban J connectivity index is 1.47. The van der Waals surface area contributed by atoms with Crippen LogP contribution in [0, 0.1) is 11.7 Å². The number of nitrogens with zero attached hydrogens (tertiary/aromatic N) is 1. The Morgan fingerprint density at radius 1 is 1.03 bits per heavy atom. The largest absolute Gasteiger partial charge is 0.496 e. The number of hydrogen-bond acceptors (Lipinski definition) is 4. The fourth-order valence-corrected chi connectivity index (χ4v) is 3.75. The third kappa shape index (κ3) is 5.09. The summed E-state index contributed by atoms with van der Waals surface area (Å²) < 4.78 is 23.6. The molecule has 0 bridgehead atoms. The van der Waals surface area contributed by atoms with Crippen LogP contribution in [0.2, 0.25) is 0 Å². The third-order valence-corrected chi connectivity index (χ3v) is 5.49. The molecule has 2 aromatic rings. The second-order valence-electron chi connectivity index (χ2n) is 7.32. The lowest BCUT2D eigenvalue weighted by molar-refractivity contribution is 0.0687. The van der Waals surface area contributed by atoms with E-state index >= 15 is 0 Å². The Morgan fingerprint density at radius 3 is 2.20 bits per heavy atom. The topological polar surface area (TPSA) is 67.9 Å². The normalized spacial score (nSPS) is 14.3. The molecule has 7 heteroatoms. The summed E-state index contributed by atoms with van der Waals surface area (Å²) in [5, 5.41) is 2.95. The summed E-state index contributed by atoms with van der Waals surface area (Å²) in [5.41, 5.74) is 0.898. The Bertz CT molecular complexity index is 855. The lowest BCUT2D eigenvalue weighted by Crippen LogP contribution is -2.39. The number of likely N-dealkylation sites (tertiary alicyclic amines) is 1. The number of halogens is 1. The van der Waals surface area contributed by atoms with Crippen molar-refractivity contribution in [3.63, 3.8) is 0 Å². The average molecular weight is 414 g/mol. The standard InChI is InChI=1S/C23H27FN2O4/c1-29-19-4-3-5-20(30-2)21(19)22(27)25-13-10-16-11-14-26(15-12-16)23(28)17-6-8-18(24)9-7-17/h3-9,16H,10-15H2,1-2H3,(H,25,27). The van der Waals surface area contributed by atoms with E-state index in [-0.39, 0.29) is 17.6 Å². The molecule has 1 heterocycles. The van der Waals surface area contributed by atoms with Gasteiger partial charge in [0.2, 0.25) is 0 Å². The molecule has 2 aromatic carbocycles. The second-order valence-corrected chi connectivity index (χ2v) is 7.32. The molecule has 0 unspecified atom stereocenters. The fraction of sp³-hybridized carbons (Fsp3) is 0.391. The molecule has 6 nitrogen and oxygen atoms in total. The monoisotopic (exact) mass is 414 g/mol. The van der Waals surface area contributed by atoms with Gasteiger partial charge >= 0.3 is 0 Å². The number of hydrogen-bond donors (Lipinski definition) is 1. The molecule has 0 spiro atoms. The summed E-state index contributed by atoms with van der Waals surface area (Å²) in [6.45, 7) is 1.86. The van der Waals surface area contributed by atoms with Gasteiger partial charge < -0.3 is 19.7 Å². The zero-order chi connectivity index (χ0) is 21.5. The quantitative estimate of drug-likeness (QED) is 0.753. The molecule has 3 rings (SSSR count). The van der Waals surface area contributed by atoms with E-state index in [4.69, 9.17) is 9.47 Å². The maximum absolute atomic E-state index is 13.0. The van der Waals surface area contributed by atoms with Gasteiger partial charge in [-0.25, -0.2) is 4.39 Å². The number of carbonyl (C=O) groups excluding carboxylic acids is 2. The zero-order valence-electron chi connectivity index (χ0n) is 17.3. The van der Waals surface area contributed by atoms with E-state index < -0.39 is 0 Å². The SMILES string of the molecule is COc1cccc(OC)c1C(=O)NCCC1CCN(C(=O)c2ccc(F)cc2)CC1. The fourth-order valence-electron chi connectivity index (χ4n) is 3.75. The van der Waals surface area contributed by atoms with Gasteiger partial charge in [-0.1, -0.05) is 6.07 Å². The van der Waals surface area contributed by atoms with E-state index in [2.05, 4.69) is 5.32 Å². The van der Waals surface area contributed by atoms with Gasteiger partial charge in [0.05, 0.1) is 14.2 Å². The molecule has 0 radical (unpaired) electrons. The van der Waals surface area contributed by atoms with E-state index in [0.717, 1.165) is 19.3 Å². The van der Waals surface area contributed by atoms with Crippen molar-refractivity contribution in [1.29, 1.82) is 0 Å². The smallest absolute Gasteiger partial charge is 0.258 e. The molecule has 0 aliphatic carbocycles. The zero-order valence-corrected chi connectivity index (χ0v) is 17.3. The third-order valence-electron chi connectivity index (χ3n) is 5.49. The van der Waals surface area contributed by atoms with Crippen LogP contribution in [0.4, 0.5) is 4.39 Å². The summed E-state index contributed by atoms with van der Waals surface area (Å²) in [4.78, 5) is 26.9. The van der Waals surface area contributed by atoms with Crippen LogP contribution in [0.3, 0.4) is 0 Å². The molecule has 1 fully saturated rings. The second kappa shape index (κ2) is 10.1. The van der Waals surface area contributed by atoms with Gasteiger partial charge in [-0.05, 0) is 61.6 Å². The lowest BCUT2D eigenvalue weighted by atomic mass is 9.93. The van der Waals surface area contributed by atoms with Crippen molar-refractivity contribution >= 4 is 11.8 Å². The van der Waals surface area contributed by atoms with Gasteiger partial charge in [0.15, 0.2) is 0 Å². The van der Waals surface area contributed by atoms with E-state index in [1.54, 1.807) is 18.2 Å². The van der Waals surface area contributed by atoms with Crippen LogP contribution in [0.25, 0.3) is 0 Å². The molecular formula is C23H27FN2O4. The molecule has 160 valence electrons. The number of carbonyl (C=O) groups is 2. The Hall–Kier alpha value is -3.09. The number of piperidine rings is 1. The number of ether oxygens (including phenoxy) is 2. The van der Waals surface area contributed by atoms with E-state index in [0.29, 0.717) is 48.2 Å². The highest BCUT2D eigenvalue weighted by Gasteiger charge is 2.24. The molecule has 0 atom stereocenters. The number of benzene rings is 2. The summed E-state index contributed by atoms with van der Waals surface area (Å²) in [7, 11) is 3.04. The van der Waals surface area contributed by atoms with Gasteiger partial charge in [0.1, 0.15) is 22.9 Å². The highest BCUT2D eigenvalue weighted by molar-refractivity contribution is 5.99. The van der Waals surface area contributed by atoms with Crippen LogP contribution >= 0.6 is 0 Å². The number of amides is 2. The van der Waals surface area contributed by atoms with Gasteiger partial charge in [0.25, 0.3) is 11.8 Å². The lowest BCUT2D eigenvalue weighted by Gasteiger charge is -2.32. The van der Waals surface area contributed by atoms with E-state index in [1.807, 2.05) is 4.90 Å². The minimum Gasteiger partial charge on any atom is -0.496 e. The summed E-state index contributed by atoms with van der Waals surface area (Å²) in [5.74, 6) is 0.734. The summed E-state index contributed by atoms with van der Waals surface area (Å²) >= 11 is 0. The maximum atomic E-state index is 13.0. The van der Waals surface area contributed by atoms with Crippen LogP contribution in [0.15, 0.2) is 42.5 Å². The van der Waals surface area contributed by atoms with Crippen molar-refractivity contribution in [3.05, 3.63) is 59.4 Å². The van der Waals surface area contributed by atoms with Gasteiger partial charge in [-0.2, -0.15) is 0 Å². The van der Waals surface area contributed by atoms with Crippen LogP contribution < -0.4 is 14.8 Å². The van der Waals surface area contributed by atoms with Crippen molar-refractivity contribution in [2.45, 2.75) is 19.3 Å². The first-order chi connectivity index (χ1) is 14.5. The molecule has 2 amide bonds. The van der Waals surface area contributed by atoms with Crippen molar-refractivity contribution in [3.8, 4) is 11.5 Å². The maximum Gasteiger partial charge on any atom is 0.258 e. The van der Waals surface area contributed by atoms with Crippen LogP contribution in [0.1, 0.15) is 40.0 Å². The van der Waals surface area contributed by atoms with Crippen molar-refractivity contribution < 1.29 is 23.5 Å². The Labute approximate surface area is 176 Å². The van der Waals surface area contributed by atoms with Gasteiger partial charge in [-0.3, -0.25) is 9.59 Å². The minimum absolute atomic E-state index is 0.0648. The molecule has 1 aliphatic rings. The van der Waals surface area contributed by atoms with Crippen LogP contribution in [-0.4, -0.2) is 50.6 Å². The molecule has 0 saturated carbocycles. The Morgan fingerprint density at radius 2 is 1.63 bits per heavy atom. The van der Waals surface area contributed by atoms with E-state index in [1.165, 1.54) is 38.5 Å². The van der Waals surface area contributed by atoms with Crippen molar-refractivity contribution in [1.82, 2.24) is 10.2 Å². The van der Waals surface area contributed by atoms with Crippen LogP contribution in [-0.2, 0) is 0 Å². The highest BCUT2D eigenvalue weighted by atomic mass is 19.1. The highest BCUT2D eigenvalue weighted by Crippen LogP contribution is 2.28. The predicted octanol–water partition coefficient (Wildman–Crippen LogP) is 3.52. The first-order valence-corrected chi connectivity index (χ1v) is 10.1. The molecule has 1 N–H and O–H groups in total. The van der Waals surface area contributed by atoms with E-state index in [9.17, 15) is 14.0 Å². The average Bonchev–Trinajstić information content (AvgIpc) is 2.78. The van der Waals surface area contributed by atoms with Crippen molar-refractivity contribution in [2.24, 2.45) is 5.92 Å².